The van der Waals surface area contributed by atoms with Crippen molar-refractivity contribution in [2.45, 2.75) is 19.3 Å². The molecule has 134 valence electrons. The summed E-state index contributed by atoms with van der Waals surface area (Å²) in [5.41, 5.74) is 6.07. The van der Waals surface area contributed by atoms with Crippen LogP contribution in [0.1, 0.15) is 29.8 Å². The maximum absolute atomic E-state index is 12.7. The highest BCUT2D eigenvalue weighted by molar-refractivity contribution is 7.14. The van der Waals surface area contributed by atoms with Gasteiger partial charge in [0.2, 0.25) is 5.91 Å². The van der Waals surface area contributed by atoms with E-state index in [9.17, 15) is 9.59 Å². The third kappa shape index (κ3) is 3.63. The SMILES string of the molecule is CC(C)(C(=O)Nc1nc(-c2cc(C(N)=O)co2)cs1)c1ccc(Cl)cc1. The molecule has 3 rings (SSSR count). The van der Waals surface area contributed by atoms with Crippen LogP contribution in [0.4, 0.5) is 5.13 Å². The van der Waals surface area contributed by atoms with E-state index in [2.05, 4.69) is 10.3 Å². The average Bonchev–Trinajstić information content (AvgIpc) is 3.24. The maximum Gasteiger partial charge on any atom is 0.251 e. The van der Waals surface area contributed by atoms with Crippen LogP contribution >= 0.6 is 22.9 Å². The van der Waals surface area contributed by atoms with Gasteiger partial charge in [-0.1, -0.05) is 23.7 Å². The minimum atomic E-state index is -0.764. The molecule has 3 aromatic rings. The van der Waals surface area contributed by atoms with E-state index < -0.39 is 11.3 Å². The molecule has 0 aliphatic carbocycles. The molecule has 6 nitrogen and oxygen atoms in total. The molecule has 1 aromatic carbocycles. The van der Waals surface area contributed by atoms with Gasteiger partial charge < -0.3 is 15.5 Å². The van der Waals surface area contributed by atoms with Gasteiger partial charge >= 0.3 is 0 Å². The average molecular weight is 390 g/mol. The summed E-state index contributed by atoms with van der Waals surface area (Å²) < 4.78 is 5.30. The van der Waals surface area contributed by atoms with Crippen molar-refractivity contribution in [3.05, 3.63) is 58.1 Å². The molecule has 0 atom stereocenters. The van der Waals surface area contributed by atoms with Crippen LogP contribution in [0.5, 0.6) is 0 Å². The van der Waals surface area contributed by atoms with Gasteiger partial charge in [-0.05, 0) is 37.6 Å². The lowest BCUT2D eigenvalue weighted by Crippen LogP contribution is -2.34. The monoisotopic (exact) mass is 389 g/mol. The highest BCUT2D eigenvalue weighted by Gasteiger charge is 2.30. The van der Waals surface area contributed by atoms with E-state index in [4.69, 9.17) is 21.8 Å². The van der Waals surface area contributed by atoms with E-state index in [0.29, 0.717) is 21.6 Å². The van der Waals surface area contributed by atoms with Gasteiger partial charge in [-0.3, -0.25) is 9.59 Å². The molecule has 2 aromatic heterocycles. The van der Waals surface area contributed by atoms with Crippen molar-refractivity contribution >= 4 is 39.9 Å². The number of anilines is 1. The minimum absolute atomic E-state index is 0.196. The Morgan fingerprint density at radius 3 is 2.58 bits per heavy atom. The van der Waals surface area contributed by atoms with Gasteiger partial charge in [-0.15, -0.1) is 11.3 Å². The maximum atomic E-state index is 12.7. The van der Waals surface area contributed by atoms with Gasteiger partial charge in [-0.25, -0.2) is 4.98 Å². The number of primary amides is 1. The number of nitrogens with two attached hydrogens (primary N) is 1. The number of hydrogen-bond donors (Lipinski definition) is 2. The molecule has 2 amide bonds. The third-order valence-electron chi connectivity index (χ3n) is 3.99. The number of nitrogens with one attached hydrogen (secondary N) is 1. The first kappa shape index (κ1) is 18.2. The Labute approximate surface area is 159 Å². The van der Waals surface area contributed by atoms with Crippen molar-refractivity contribution in [1.82, 2.24) is 4.98 Å². The van der Waals surface area contributed by atoms with Gasteiger partial charge in [0, 0.05) is 10.4 Å². The molecule has 0 aliphatic heterocycles. The number of aromatic nitrogens is 1. The zero-order valence-electron chi connectivity index (χ0n) is 14.1. The second-order valence-corrected chi connectivity index (χ2v) is 7.48. The summed E-state index contributed by atoms with van der Waals surface area (Å²) in [4.78, 5) is 28.2. The number of furan rings is 1. The lowest BCUT2D eigenvalue weighted by Gasteiger charge is -2.23. The first-order valence-corrected chi connectivity index (χ1v) is 8.95. The molecule has 26 heavy (non-hydrogen) atoms. The number of carbonyl (C=O) groups is 2. The molecule has 0 radical (unpaired) electrons. The number of rotatable bonds is 5. The molecular formula is C18H16ClN3O3S. The quantitative estimate of drug-likeness (QED) is 0.687. The van der Waals surface area contributed by atoms with Gasteiger partial charge in [0.1, 0.15) is 12.0 Å². The summed E-state index contributed by atoms with van der Waals surface area (Å²) in [7, 11) is 0. The van der Waals surface area contributed by atoms with Crippen LogP contribution in [0.15, 0.2) is 46.4 Å². The van der Waals surface area contributed by atoms with E-state index in [1.165, 1.54) is 23.7 Å². The molecule has 0 aliphatic rings. The van der Waals surface area contributed by atoms with Gasteiger partial charge in [-0.2, -0.15) is 0 Å². The van der Waals surface area contributed by atoms with Gasteiger partial charge in [0.25, 0.3) is 5.91 Å². The molecule has 0 spiro atoms. The number of thiazole rings is 1. The highest BCUT2D eigenvalue weighted by Crippen LogP contribution is 2.30. The van der Waals surface area contributed by atoms with E-state index in [-0.39, 0.29) is 11.5 Å². The van der Waals surface area contributed by atoms with Crippen LogP contribution in [0.2, 0.25) is 5.02 Å². The topological polar surface area (TPSA) is 98.2 Å². The van der Waals surface area contributed by atoms with Crippen molar-refractivity contribution < 1.29 is 14.0 Å². The van der Waals surface area contributed by atoms with Crippen LogP contribution < -0.4 is 11.1 Å². The number of carbonyl (C=O) groups excluding carboxylic acids is 2. The predicted molar refractivity (Wildman–Crippen MR) is 101 cm³/mol. The Kier molecular flexibility index (Phi) is 4.84. The van der Waals surface area contributed by atoms with Crippen molar-refractivity contribution in [3.63, 3.8) is 0 Å². The molecule has 8 heteroatoms. The highest BCUT2D eigenvalue weighted by atomic mass is 35.5. The minimum Gasteiger partial charge on any atom is -0.462 e. The van der Waals surface area contributed by atoms with Crippen molar-refractivity contribution in [2.24, 2.45) is 5.73 Å². The number of hydrogen-bond acceptors (Lipinski definition) is 5. The molecule has 0 saturated heterocycles. The lowest BCUT2D eigenvalue weighted by atomic mass is 9.84. The molecule has 0 fully saturated rings. The van der Waals surface area contributed by atoms with Crippen LogP contribution in [-0.4, -0.2) is 16.8 Å². The van der Waals surface area contributed by atoms with Crippen molar-refractivity contribution in [2.75, 3.05) is 5.32 Å². The second kappa shape index (κ2) is 6.93. The third-order valence-corrected chi connectivity index (χ3v) is 5.00. The van der Waals surface area contributed by atoms with E-state index >= 15 is 0 Å². The first-order chi connectivity index (χ1) is 12.3. The van der Waals surface area contributed by atoms with Crippen LogP contribution in [0.3, 0.4) is 0 Å². The second-order valence-electron chi connectivity index (χ2n) is 6.19. The molecule has 0 bridgehead atoms. The van der Waals surface area contributed by atoms with E-state index in [1.54, 1.807) is 17.5 Å². The zero-order valence-corrected chi connectivity index (χ0v) is 15.6. The fourth-order valence-corrected chi connectivity index (χ4v) is 3.12. The molecule has 0 unspecified atom stereocenters. The molecule has 0 saturated carbocycles. The van der Waals surface area contributed by atoms with Crippen molar-refractivity contribution in [1.29, 1.82) is 0 Å². The summed E-state index contributed by atoms with van der Waals surface area (Å²) in [5, 5.41) is 5.60. The Morgan fingerprint density at radius 2 is 1.96 bits per heavy atom. The number of nitrogens with zero attached hydrogens (tertiary/aromatic N) is 1. The summed E-state index contributed by atoms with van der Waals surface area (Å²) in [5.74, 6) is -0.362. The van der Waals surface area contributed by atoms with Gasteiger partial charge in [0.05, 0.1) is 11.0 Å². The Hall–Kier alpha value is -2.64. The Bertz CT molecular complexity index is 960. The standard InChI is InChI=1S/C18H16ClN3O3S/c1-18(2,11-3-5-12(19)6-4-11)16(24)22-17-21-13(9-26-17)14-7-10(8-25-14)15(20)23/h3-9H,1-2H3,(H2,20,23)(H,21,22,24). The fourth-order valence-electron chi connectivity index (χ4n) is 2.30. The van der Waals surface area contributed by atoms with Gasteiger partial charge in [0.15, 0.2) is 10.9 Å². The molecule has 2 heterocycles. The summed E-state index contributed by atoms with van der Waals surface area (Å²) in [6.45, 7) is 3.65. The normalized spacial score (nSPS) is 11.3. The number of amides is 2. The molecular weight excluding hydrogens is 374 g/mol. The van der Waals surface area contributed by atoms with E-state index in [1.807, 2.05) is 26.0 Å². The Morgan fingerprint density at radius 1 is 1.27 bits per heavy atom. The van der Waals surface area contributed by atoms with E-state index in [0.717, 1.165) is 5.56 Å². The van der Waals surface area contributed by atoms with Crippen LogP contribution in [-0.2, 0) is 10.2 Å². The Balaban J connectivity index is 1.76. The zero-order chi connectivity index (χ0) is 18.9. The smallest absolute Gasteiger partial charge is 0.251 e. The summed E-state index contributed by atoms with van der Waals surface area (Å²) >= 11 is 7.17. The lowest BCUT2D eigenvalue weighted by molar-refractivity contribution is -0.120. The predicted octanol–water partition coefficient (Wildman–Crippen LogP) is 4.07. The number of benzene rings is 1. The summed E-state index contributed by atoms with van der Waals surface area (Å²) in [6, 6.07) is 8.66. The van der Waals surface area contributed by atoms with Crippen LogP contribution in [0.25, 0.3) is 11.5 Å². The summed E-state index contributed by atoms with van der Waals surface area (Å²) in [6.07, 6.45) is 1.28. The van der Waals surface area contributed by atoms with Crippen LogP contribution in [0, 0.1) is 0 Å². The number of halogens is 1. The first-order valence-electron chi connectivity index (χ1n) is 7.69. The largest absolute Gasteiger partial charge is 0.462 e. The molecule has 3 N–H and O–H groups in total. The fraction of sp³-hybridized carbons (Fsp3) is 0.167. The van der Waals surface area contributed by atoms with Crippen molar-refractivity contribution in [3.8, 4) is 11.5 Å².